The van der Waals surface area contributed by atoms with Gasteiger partial charge in [0, 0.05) is 6.92 Å². The van der Waals surface area contributed by atoms with E-state index >= 15 is 0 Å². The van der Waals surface area contributed by atoms with Gasteiger partial charge >= 0.3 is 0 Å². The molecule has 0 bridgehead atoms. The molecule has 7 heteroatoms. The minimum absolute atomic E-state index is 0.167. The first kappa shape index (κ1) is 15.1. The number of nitrogens with two attached hydrogens (primary N) is 1. The summed E-state index contributed by atoms with van der Waals surface area (Å²) in [6.07, 6.45) is 0.733. The number of hydrogen-bond donors (Lipinski definition) is 1. The van der Waals surface area contributed by atoms with E-state index < -0.39 is 0 Å². The molecule has 0 aliphatic heterocycles. The highest BCUT2D eigenvalue weighted by molar-refractivity contribution is 5.54. The Balaban J connectivity index is 2.23. The van der Waals surface area contributed by atoms with Crippen LogP contribution in [0.3, 0.4) is 0 Å². The zero-order valence-corrected chi connectivity index (χ0v) is 12.4. The minimum atomic E-state index is 0.167. The van der Waals surface area contributed by atoms with Crippen molar-refractivity contribution >= 4 is 0 Å². The van der Waals surface area contributed by atoms with Crippen molar-refractivity contribution in [3.05, 3.63) is 29.4 Å². The number of rotatable bonds is 7. The molecule has 114 valence electrons. The lowest BCUT2D eigenvalue weighted by atomic mass is 10.1. The van der Waals surface area contributed by atoms with Crippen LogP contribution in [-0.4, -0.2) is 30.9 Å². The van der Waals surface area contributed by atoms with Crippen molar-refractivity contribution in [2.45, 2.75) is 20.0 Å². The summed E-state index contributed by atoms with van der Waals surface area (Å²) in [6, 6.07) is 3.76. The average molecular weight is 293 g/mol. The van der Waals surface area contributed by atoms with Gasteiger partial charge in [0.2, 0.25) is 17.5 Å². The zero-order chi connectivity index (χ0) is 15.2. The Kier molecular flexibility index (Phi) is 4.99. The van der Waals surface area contributed by atoms with Crippen LogP contribution in [0.25, 0.3) is 0 Å². The molecule has 21 heavy (non-hydrogen) atoms. The van der Waals surface area contributed by atoms with Crippen molar-refractivity contribution in [3.63, 3.8) is 0 Å². The molecule has 0 aliphatic carbocycles. The van der Waals surface area contributed by atoms with E-state index in [-0.39, 0.29) is 6.61 Å². The number of aryl methyl sites for hydroxylation is 1. The van der Waals surface area contributed by atoms with E-state index in [4.69, 9.17) is 24.5 Å². The lowest BCUT2D eigenvalue weighted by molar-refractivity contribution is 0.253. The Morgan fingerprint density at radius 2 is 1.86 bits per heavy atom. The molecule has 2 aromatic rings. The van der Waals surface area contributed by atoms with Crippen LogP contribution in [-0.2, 0) is 13.0 Å². The minimum Gasteiger partial charge on any atom is -0.493 e. The molecule has 0 fully saturated rings. The number of aromatic nitrogens is 2. The van der Waals surface area contributed by atoms with E-state index in [1.165, 1.54) is 0 Å². The predicted molar refractivity (Wildman–Crippen MR) is 75.7 cm³/mol. The van der Waals surface area contributed by atoms with Crippen molar-refractivity contribution < 1.29 is 18.7 Å². The van der Waals surface area contributed by atoms with Crippen molar-refractivity contribution in [2.75, 3.05) is 20.8 Å². The van der Waals surface area contributed by atoms with Crippen LogP contribution in [0.1, 0.15) is 17.3 Å². The topological polar surface area (TPSA) is 92.6 Å². The Labute approximate surface area is 123 Å². The molecule has 0 atom stereocenters. The van der Waals surface area contributed by atoms with Gasteiger partial charge in [-0.15, -0.1) is 0 Å². The van der Waals surface area contributed by atoms with Gasteiger partial charge in [-0.25, -0.2) is 0 Å². The van der Waals surface area contributed by atoms with Crippen molar-refractivity contribution in [2.24, 2.45) is 5.73 Å². The van der Waals surface area contributed by atoms with Gasteiger partial charge in [0.15, 0.2) is 18.1 Å². The summed E-state index contributed by atoms with van der Waals surface area (Å²) in [4.78, 5) is 4.08. The van der Waals surface area contributed by atoms with Gasteiger partial charge in [-0.3, -0.25) is 0 Å². The molecule has 0 radical (unpaired) electrons. The molecule has 1 heterocycles. The summed E-state index contributed by atoms with van der Waals surface area (Å²) in [5.74, 6) is 2.62. The Hall–Kier alpha value is -2.28. The second kappa shape index (κ2) is 6.94. The third kappa shape index (κ3) is 3.63. The van der Waals surface area contributed by atoms with Gasteiger partial charge in [0.1, 0.15) is 0 Å². The van der Waals surface area contributed by atoms with Crippen molar-refractivity contribution in [1.29, 1.82) is 0 Å². The summed E-state index contributed by atoms with van der Waals surface area (Å²) >= 11 is 0. The highest BCUT2D eigenvalue weighted by Gasteiger charge is 2.15. The molecule has 0 aliphatic rings. The van der Waals surface area contributed by atoms with Gasteiger partial charge in [-0.2, -0.15) is 4.98 Å². The number of nitrogens with zero attached hydrogens (tertiary/aromatic N) is 2. The number of ether oxygens (including phenoxy) is 3. The first-order valence-electron chi connectivity index (χ1n) is 6.55. The second-order valence-corrected chi connectivity index (χ2v) is 4.39. The number of hydrogen-bond acceptors (Lipinski definition) is 7. The molecule has 0 unspecified atom stereocenters. The van der Waals surface area contributed by atoms with Crippen LogP contribution in [0.2, 0.25) is 0 Å². The third-order valence-electron chi connectivity index (χ3n) is 2.87. The fourth-order valence-corrected chi connectivity index (χ4v) is 1.92. The van der Waals surface area contributed by atoms with Gasteiger partial charge in [0.25, 0.3) is 0 Å². The molecular formula is C14H19N3O4. The number of benzene rings is 1. The van der Waals surface area contributed by atoms with Gasteiger partial charge < -0.3 is 24.5 Å². The Morgan fingerprint density at radius 3 is 2.33 bits per heavy atom. The van der Waals surface area contributed by atoms with E-state index in [1.807, 2.05) is 12.1 Å². The predicted octanol–water partition coefficient (Wildman–Crippen LogP) is 1.48. The molecule has 1 aromatic heterocycles. The van der Waals surface area contributed by atoms with Crippen LogP contribution in [0.4, 0.5) is 0 Å². The summed E-state index contributed by atoms with van der Waals surface area (Å²) in [5.41, 5.74) is 6.60. The van der Waals surface area contributed by atoms with E-state index in [2.05, 4.69) is 10.1 Å². The summed E-state index contributed by atoms with van der Waals surface area (Å²) in [5, 5.41) is 3.78. The lowest BCUT2D eigenvalue weighted by Crippen LogP contribution is -2.05. The van der Waals surface area contributed by atoms with E-state index in [9.17, 15) is 0 Å². The average Bonchev–Trinajstić information content (AvgIpc) is 2.90. The molecule has 0 spiro atoms. The molecule has 1 aromatic carbocycles. The Bertz CT molecular complexity index is 573. The van der Waals surface area contributed by atoms with E-state index in [1.54, 1.807) is 21.1 Å². The molecule has 2 N–H and O–H groups in total. The second-order valence-electron chi connectivity index (χ2n) is 4.39. The highest BCUT2D eigenvalue weighted by atomic mass is 16.5. The van der Waals surface area contributed by atoms with Gasteiger partial charge in [-0.1, -0.05) is 5.16 Å². The van der Waals surface area contributed by atoms with E-state index in [0.29, 0.717) is 35.5 Å². The molecule has 0 amide bonds. The maximum absolute atomic E-state index is 5.72. The van der Waals surface area contributed by atoms with Crippen LogP contribution >= 0.6 is 0 Å². The highest BCUT2D eigenvalue weighted by Crippen LogP contribution is 2.39. The molecule has 2 rings (SSSR count). The largest absolute Gasteiger partial charge is 0.493 e. The summed E-state index contributed by atoms with van der Waals surface area (Å²) < 4.78 is 21.3. The normalized spacial score (nSPS) is 10.5. The van der Waals surface area contributed by atoms with Crippen molar-refractivity contribution in [1.82, 2.24) is 10.1 Å². The number of methoxy groups -OCH3 is 2. The molecule has 7 nitrogen and oxygen atoms in total. The lowest BCUT2D eigenvalue weighted by Gasteiger charge is -2.15. The maximum atomic E-state index is 5.72. The molecule has 0 saturated carbocycles. The van der Waals surface area contributed by atoms with Crippen LogP contribution < -0.4 is 19.9 Å². The van der Waals surface area contributed by atoms with Crippen LogP contribution in [0.5, 0.6) is 17.2 Å². The van der Waals surface area contributed by atoms with Crippen LogP contribution in [0, 0.1) is 6.92 Å². The summed E-state index contributed by atoms with van der Waals surface area (Å²) in [7, 11) is 3.15. The third-order valence-corrected chi connectivity index (χ3v) is 2.87. The van der Waals surface area contributed by atoms with Crippen LogP contribution in [0.15, 0.2) is 16.7 Å². The van der Waals surface area contributed by atoms with Gasteiger partial charge in [-0.05, 0) is 30.7 Å². The quantitative estimate of drug-likeness (QED) is 0.826. The zero-order valence-electron chi connectivity index (χ0n) is 12.4. The Morgan fingerprint density at radius 1 is 1.19 bits per heavy atom. The smallest absolute Gasteiger partial charge is 0.223 e. The summed E-state index contributed by atoms with van der Waals surface area (Å²) in [6.45, 7) is 2.44. The molecular weight excluding hydrogens is 274 g/mol. The monoisotopic (exact) mass is 293 g/mol. The fraction of sp³-hybridized carbons (Fsp3) is 0.429. The SMILES string of the molecule is COc1cc(CCN)cc(OC)c1OCc1noc(C)n1. The van der Waals surface area contributed by atoms with Gasteiger partial charge in [0.05, 0.1) is 14.2 Å². The first-order chi connectivity index (χ1) is 10.2. The fourth-order valence-electron chi connectivity index (χ4n) is 1.92. The first-order valence-corrected chi connectivity index (χ1v) is 6.55. The molecule has 0 saturated heterocycles. The van der Waals surface area contributed by atoms with Crippen molar-refractivity contribution in [3.8, 4) is 17.2 Å². The van der Waals surface area contributed by atoms with E-state index in [0.717, 1.165) is 12.0 Å². The standard InChI is InChI=1S/C14H19N3O4/c1-9-16-13(17-21-9)8-20-14-11(18-2)6-10(4-5-15)7-12(14)19-3/h6-7H,4-5,8,15H2,1-3H3. The maximum Gasteiger partial charge on any atom is 0.223 e.